The van der Waals surface area contributed by atoms with E-state index >= 15 is 0 Å². The van der Waals surface area contributed by atoms with Crippen molar-refractivity contribution >= 4 is 10.2 Å². The number of piperidine rings is 1. The van der Waals surface area contributed by atoms with Crippen LogP contribution in [0.4, 0.5) is 0 Å². The summed E-state index contributed by atoms with van der Waals surface area (Å²) in [6.07, 6.45) is 7.55. The lowest BCUT2D eigenvalue weighted by Crippen LogP contribution is -2.44. The molecule has 6 nitrogen and oxygen atoms in total. The summed E-state index contributed by atoms with van der Waals surface area (Å²) in [4.78, 5) is 8.26. The van der Waals surface area contributed by atoms with Crippen molar-refractivity contribution in [2.45, 2.75) is 25.3 Å². The maximum Gasteiger partial charge on any atom is 0.282 e. The fourth-order valence-corrected chi connectivity index (χ4v) is 3.48. The topological polar surface area (TPSA) is 66.4 Å². The highest BCUT2D eigenvalue weighted by molar-refractivity contribution is 7.86. The average Bonchev–Trinajstić information content (AvgIpc) is 2.39. The molecule has 1 unspecified atom stereocenters. The Morgan fingerprint density at radius 2 is 2.11 bits per heavy atom. The number of hydrogen-bond acceptors (Lipinski definition) is 4. The third-order valence-corrected chi connectivity index (χ3v) is 5.09. The molecule has 1 aromatic rings. The molecule has 0 saturated carbocycles. The normalized spacial score (nSPS) is 22.3. The van der Waals surface area contributed by atoms with E-state index in [4.69, 9.17) is 0 Å². The fourth-order valence-electron chi connectivity index (χ4n) is 2.17. The molecule has 1 aliphatic rings. The van der Waals surface area contributed by atoms with Gasteiger partial charge in [-0.2, -0.15) is 17.0 Å². The summed E-state index contributed by atoms with van der Waals surface area (Å²) in [5.41, 5.74) is 0.725. The van der Waals surface area contributed by atoms with Crippen molar-refractivity contribution in [3.63, 3.8) is 0 Å². The van der Waals surface area contributed by atoms with Gasteiger partial charge < -0.3 is 0 Å². The lowest BCUT2D eigenvalue weighted by molar-refractivity contribution is 0.238. The van der Waals surface area contributed by atoms with Crippen LogP contribution in [0.5, 0.6) is 0 Å². The zero-order valence-corrected chi connectivity index (χ0v) is 11.5. The molecule has 100 valence electrons. The summed E-state index contributed by atoms with van der Waals surface area (Å²) in [5.74, 6) is 0. The molecule has 0 radical (unpaired) electrons. The average molecular weight is 270 g/mol. The minimum absolute atomic E-state index is 0.195. The van der Waals surface area contributed by atoms with Crippen LogP contribution in [-0.4, -0.2) is 47.6 Å². The maximum absolute atomic E-state index is 12.3. The quantitative estimate of drug-likeness (QED) is 0.815. The summed E-state index contributed by atoms with van der Waals surface area (Å²) in [6.45, 7) is 0.543. The van der Waals surface area contributed by atoms with Crippen LogP contribution in [0.2, 0.25) is 0 Å². The van der Waals surface area contributed by atoms with Gasteiger partial charge in [-0.25, -0.2) is 0 Å². The molecular formula is C11H18N4O2S. The summed E-state index contributed by atoms with van der Waals surface area (Å²) in [6, 6.07) is -0.195. The van der Waals surface area contributed by atoms with Crippen LogP contribution in [0.3, 0.4) is 0 Å². The Balaban J connectivity index is 2.33. The Bertz CT molecular complexity index is 489. The van der Waals surface area contributed by atoms with Gasteiger partial charge in [0.25, 0.3) is 10.2 Å². The van der Waals surface area contributed by atoms with Gasteiger partial charge in [-0.1, -0.05) is 6.42 Å². The lowest BCUT2D eigenvalue weighted by atomic mass is 10.0. The minimum atomic E-state index is -3.40. The molecule has 18 heavy (non-hydrogen) atoms. The first-order valence-corrected chi connectivity index (χ1v) is 7.38. The first-order chi connectivity index (χ1) is 8.53. The van der Waals surface area contributed by atoms with Crippen molar-refractivity contribution in [3.05, 3.63) is 24.3 Å². The molecule has 1 saturated heterocycles. The maximum atomic E-state index is 12.3. The monoisotopic (exact) mass is 270 g/mol. The molecule has 0 bridgehead atoms. The third-order valence-electron chi connectivity index (χ3n) is 3.14. The SMILES string of the molecule is CN(C)S(=O)(=O)N1CCCCC1c1cnccn1. The molecule has 7 heteroatoms. The van der Waals surface area contributed by atoms with Gasteiger partial charge in [0.1, 0.15) is 0 Å². The highest BCUT2D eigenvalue weighted by Gasteiger charge is 2.35. The zero-order valence-electron chi connectivity index (χ0n) is 10.7. The summed E-state index contributed by atoms with van der Waals surface area (Å²) in [7, 11) is -0.292. The molecule has 1 aliphatic heterocycles. The molecule has 0 amide bonds. The van der Waals surface area contributed by atoms with Crippen LogP contribution < -0.4 is 0 Å². The Morgan fingerprint density at radius 1 is 1.33 bits per heavy atom. The molecule has 2 rings (SSSR count). The Labute approximate surface area is 108 Å². The van der Waals surface area contributed by atoms with E-state index in [2.05, 4.69) is 9.97 Å². The van der Waals surface area contributed by atoms with E-state index < -0.39 is 10.2 Å². The summed E-state index contributed by atoms with van der Waals surface area (Å²) >= 11 is 0. The smallest absolute Gasteiger partial charge is 0.261 e. The highest BCUT2D eigenvalue weighted by Crippen LogP contribution is 2.32. The molecule has 0 spiro atoms. The van der Waals surface area contributed by atoms with Crippen molar-refractivity contribution in [1.29, 1.82) is 0 Å². The van der Waals surface area contributed by atoms with Gasteiger partial charge >= 0.3 is 0 Å². The highest BCUT2D eigenvalue weighted by atomic mass is 32.2. The number of rotatable bonds is 3. The van der Waals surface area contributed by atoms with E-state index in [0.717, 1.165) is 25.0 Å². The molecule has 0 N–H and O–H groups in total. The molecular weight excluding hydrogens is 252 g/mol. The van der Waals surface area contributed by atoms with Crippen molar-refractivity contribution in [2.75, 3.05) is 20.6 Å². The van der Waals surface area contributed by atoms with Crippen LogP contribution in [-0.2, 0) is 10.2 Å². The van der Waals surface area contributed by atoms with Gasteiger partial charge in [0.2, 0.25) is 0 Å². The predicted octanol–water partition coefficient (Wildman–Crippen LogP) is 0.810. The van der Waals surface area contributed by atoms with Crippen molar-refractivity contribution in [2.24, 2.45) is 0 Å². The second kappa shape index (κ2) is 5.29. The number of nitrogens with zero attached hydrogens (tertiary/aromatic N) is 4. The second-order valence-corrected chi connectivity index (χ2v) is 6.64. The second-order valence-electron chi connectivity index (χ2n) is 4.54. The summed E-state index contributed by atoms with van der Waals surface area (Å²) in [5, 5.41) is 0. The zero-order chi connectivity index (χ0) is 13.2. The Morgan fingerprint density at radius 3 is 2.72 bits per heavy atom. The van der Waals surface area contributed by atoms with Crippen molar-refractivity contribution < 1.29 is 8.42 Å². The Kier molecular flexibility index (Phi) is 3.94. The van der Waals surface area contributed by atoms with E-state index in [-0.39, 0.29) is 6.04 Å². The first-order valence-electron chi connectivity index (χ1n) is 5.98. The van der Waals surface area contributed by atoms with E-state index in [9.17, 15) is 8.42 Å². The molecule has 1 aromatic heterocycles. The van der Waals surface area contributed by atoms with E-state index in [1.165, 1.54) is 8.61 Å². The van der Waals surface area contributed by atoms with E-state index in [1.807, 2.05) is 0 Å². The van der Waals surface area contributed by atoms with Crippen molar-refractivity contribution in [3.8, 4) is 0 Å². The summed E-state index contributed by atoms with van der Waals surface area (Å²) < 4.78 is 27.3. The lowest BCUT2D eigenvalue weighted by Gasteiger charge is -2.35. The first kappa shape index (κ1) is 13.4. The standard InChI is InChI=1S/C11H18N4O2S/c1-14(2)18(16,17)15-8-4-3-5-11(15)10-9-12-6-7-13-10/h6-7,9,11H,3-5,8H2,1-2H3. The van der Waals surface area contributed by atoms with Crippen molar-refractivity contribution in [1.82, 2.24) is 18.6 Å². The van der Waals surface area contributed by atoms with Crippen LogP contribution in [0, 0.1) is 0 Å². The third kappa shape index (κ3) is 2.52. The number of aromatic nitrogens is 2. The van der Waals surface area contributed by atoms with Gasteiger partial charge in [-0.3, -0.25) is 9.97 Å². The van der Waals surface area contributed by atoms with Crippen LogP contribution in [0.1, 0.15) is 31.0 Å². The predicted molar refractivity (Wildman–Crippen MR) is 67.9 cm³/mol. The van der Waals surface area contributed by atoms with E-state index in [1.54, 1.807) is 32.7 Å². The van der Waals surface area contributed by atoms with Gasteiger partial charge in [0, 0.05) is 33.0 Å². The molecule has 1 atom stereocenters. The minimum Gasteiger partial charge on any atom is -0.261 e. The van der Waals surface area contributed by atoms with Gasteiger partial charge in [0.05, 0.1) is 17.9 Å². The Hall–Kier alpha value is -1.05. The molecule has 0 aliphatic carbocycles. The van der Waals surface area contributed by atoms with Gasteiger partial charge in [0.15, 0.2) is 0 Å². The van der Waals surface area contributed by atoms with Crippen LogP contribution >= 0.6 is 0 Å². The largest absolute Gasteiger partial charge is 0.282 e. The molecule has 2 heterocycles. The molecule has 0 aromatic carbocycles. The van der Waals surface area contributed by atoms with Gasteiger partial charge in [-0.05, 0) is 12.8 Å². The van der Waals surface area contributed by atoms with Crippen LogP contribution in [0.25, 0.3) is 0 Å². The number of hydrogen-bond donors (Lipinski definition) is 0. The van der Waals surface area contributed by atoms with E-state index in [0.29, 0.717) is 6.54 Å². The fraction of sp³-hybridized carbons (Fsp3) is 0.636. The van der Waals surface area contributed by atoms with Gasteiger partial charge in [-0.15, -0.1) is 0 Å². The van der Waals surface area contributed by atoms with Crippen LogP contribution in [0.15, 0.2) is 18.6 Å². The molecule has 1 fully saturated rings.